The number of para-hydroxylation sites is 1. The fourth-order valence-electron chi connectivity index (χ4n) is 1.46. The lowest BCUT2D eigenvalue weighted by molar-refractivity contribution is 0.849. The zero-order valence-corrected chi connectivity index (χ0v) is 9.33. The number of nitrogens with zero attached hydrogens (tertiary/aromatic N) is 1. The number of anilines is 1. The molecular formula is C12H18N2. The van der Waals surface area contributed by atoms with Gasteiger partial charge in [-0.3, -0.25) is 5.41 Å². The summed E-state index contributed by atoms with van der Waals surface area (Å²) in [5.41, 5.74) is 2.33. The molecule has 0 fully saturated rings. The zero-order valence-electron chi connectivity index (χ0n) is 9.33. The summed E-state index contributed by atoms with van der Waals surface area (Å²) < 4.78 is 0. The molecule has 1 rings (SSSR count). The maximum absolute atomic E-state index is 7.91. The highest BCUT2D eigenvalue weighted by molar-refractivity contribution is 5.96. The molecule has 0 unspecified atom stereocenters. The molecule has 1 aromatic carbocycles. The van der Waals surface area contributed by atoms with Crippen molar-refractivity contribution in [2.75, 3.05) is 11.9 Å². The van der Waals surface area contributed by atoms with E-state index in [1.807, 2.05) is 44.0 Å². The Hall–Kier alpha value is -1.31. The predicted octanol–water partition coefficient (Wildman–Crippen LogP) is 3.06. The summed E-state index contributed by atoms with van der Waals surface area (Å²) in [7, 11) is 1.95. The van der Waals surface area contributed by atoms with Crippen molar-refractivity contribution in [2.24, 2.45) is 5.92 Å². The molecule has 0 saturated carbocycles. The van der Waals surface area contributed by atoms with Crippen LogP contribution in [-0.4, -0.2) is 12.9 Å². The van der Waals surface area contributed by atoms with Crippen molar-refractivity contribution < 1.29 is 0 Å². The van der Waals surface area contributed by atoms with Gasteiger partial charge >= 0.3 is 0 Å². The van der Waals surface area contributed by atoms with Crippen LogP contribution in [0.5, 0.6) is 0 Å². The third-order valence-corrected chi connectivity index (χ3v) is 2.39. The highest BCUT2D eigenvalue weighted by Gasteiger charge is 2.11. The van der Waals surface area contributed by atoms with E-state index in [1.165, 1.54) is 5.56 Å². The first-order valence-corrected chi connectivity index (χ1v) is 4.92. The van der Waals surface area contributed by atoms with Crippen LogP contribution in [0.3, 0.4) is 0 Å². The summed E-state index contributed by atoms with van der Waals surface area (Å²) in [6.45, 7) is 6.15. The Kier molecular flexibility index (Phi) is 3.28. The second kappa shape index (κ2) is 4.27. The predicted molar refractivity (Wildman–Crippen MR) is 62.1 cm³/mol. The van der Waals surface area contributed by atoms with Gasteiger partial charge in [0.25, 0.3) is 0 Å². The van der Waals surface area contributed by atoms with E-state index in [4.69, 9.17) is 5.41 Å². The molecule has 76 valence electrons. The van der Waals surface area contributed by atoms with Crippen LogP contribution in [0, 0.1) is 18.3 Å². The molecule has 2 heteroatoms. The molecule has 0 aliphatic rings. The van der Waals surface area contributed by atoms with Crippen molar-refractivity contribution in [3.05, 3.63) is 29.8 Å². The van der Waals surface area contributed by atoms with Crippen LogP contribution in [0.25, 0.3) is 0 Å². The van der Waals surface area contributed by atoms with Crippen LogP contribution >= 0.6 is 0 Å². The van der Waals surface area contributed by atoms with Gasteiger partial charge in [-0.1, -0.05) is 32.0 Å². The Bertz CT molecular complexity index is 329. The van der Waals surface area contributed by atoms with Crippen molar-refractivity contribution in [2.45, 2.75) is 20.8 Å². The minimum Gasteiger partial charge on any atom is -0.333 e. The van der Waals surface area contributed by atoms with Gasteiger partial charge in [0, 0.05) is 18.7 Å². The first-order valence-electron chi connectivity index (χ1n) is 4.92. The van der Waals surface area contributed by atoms with E-state index in [-0.39, 0.29) is 5.92 Å². The third kappa shape index (κ3) is 2.13. The average molecular weight is 190 g/mol. The molecule has 0 aliphatic carbocycles. The van der Waals surface area contributed by atoms with Crippen LogP contribution in [0.4, 0.5) is 5.69 Å². The second-order valence-corrected chi connectivity index (χ2v) is 3.89. The summed E-state index contributed by atoms with van der Waals surface area (Å²) in [6.07, 6.45) is 0. The van der Waals surface area contributed by atoms with Crippen molar-refractivity contribution in [3.63, 3.8) is 0 Å². The SMILES string of the molecule is Cc1ccccc1N(C)C(=N)C(C)C. The Morgan fingerprint density at radius 3 is 2.36 bits per heavy atom. The highest BCUT2D eigenvalue weighted by atomic mass is 15.1. The van der Waals surface area contributed by atoms with Crippen molar-refractivity contribution >= 4 is 11.5 Å². The van der Waals surface area contributed by atoms with E-state index in [1.54, 1.807) is 0 Å². The van der Waals surface area contributed by atoms with Crippen LogP contribution in [0.2, 0.25) is 0 Å². The van der Waals surface area contributed by atoms with E-state index in [2.05, 4.69) is 13.0 Å². The zero-order chi connectivity index (χ0) is 10.7. The van der Waals surface area contributed by atoms with Gasteiger partial charge in [-0.15, -0.1) is 0 Å². The molecule has 14 heavy (non-hydrogen) atoms. The monoisotopic (exact) mass is 190 g/mol. The Morgan fingerprint density at radius 1 is 1.29 bits per heavy atom. The summed E-state index contributed by atoms with van der Waals surface area (Å²) >= 11 is 0. The Morgan fingerprint density at radius 2 is 1.86 bits per heavy atom. The minimum absolute atomic E-state index is 0.264. The molecule has 0 aromatic heterocycles. The molecule has 1 aromatic rings. The molecule has 0 radical (unpaired) electrons. The maximum Gasteiger partial charge on any atom is 0.103 e. The third-order valence-electron chi connectivity index (χ3n) is 2.39. The number of rotatable bonds is 2. The molecular weight excluding hydrogens is 172 g/mol. The molecule has 0 aliphatic heterocycles. The first-order chi connectivity index (χ1) is 6.54. The molecule has 0 bridgehead atoms. The van der Waals surface area contributed by atoms with Crippen molar-refractivity contribution in [3.8, 4) is 0 Å². The number of hydrogen-bond donors (Lipinski definition) is 1. The van der Waals surface area contributed by atoms with E-state index in [0.717, 1.165) is 5.69 Å². The van der Waals surface area contributed by atoms with Gasteiger partial charge < -0.3 is 4.90 Å². The van der Waals surface area contributed by atoms with Gasteiger partial charge in [0.15, 0.2) is 0 Å². The fraction of sp³-hybridized carbons (Fsp3) is 0.417. The maximum atomic E-state index is 7.91. The standard InChI is InChI=1S/C12H18N2/c1-9(2)12(13)14(4)11-8-6-5-7-10(11)3/h5-9,13H,1-4H3. The van der Waals surface area contributed by atoms with Gasteiger partial charge in [0.2, 0.25) is 0 Å². The highest BCUT2D eigenvalue weighted by Crippen LogP contribution is 2.19. The lowest BCUT2D eigenvalue weighted by Gasteiger charge is -2.24. The van der Waals surface area contributed by atoms with E-state index < -0.39 is 0 Å². The minimum atomic E-state index is 0.264. The summed E-state index contributed by atoms with van der Waals surface area (Å²) in [5, 5.41) is 7.91. The summed E-state index contributed by atoms with van der Waals surface area (Å²) in [5.74, 6) is 0.916. The van der Waals surface area contributed by atoms with Crippen LogP contribution in [0.15, 0.2) is 24.3 Å². The number of amidine groups is 1. The van der Waals surface area contributed by atoms with Crippen LogP contribution in [-0.2, 0) is 0 Å². The van der Waals surface area contributed by atoms with Crippen molar-refractivity contribution in [1.82, 2.24) is 0 Å². The number of aryl methyl sites for hydroxylation is 1. The normalized spacial score (nSPS) is 10.4. The van der Waals surface area contributed by atoms with Gasteiger partial charge in [0.05, 0.1) is 0 Å². The van der Waals surface area contributed by atoms with Gasteiger partial charge in [-0.05, 0) is 18.6 Å². The number of nitrogens with one attached hydrogen (secondary N) is 1. The lowest BCUT2D eigenvalue weighted by Crippen LogP contribution is -2.30. The second-order valence-electron chi connectivity index (χ2n) is 3.89. The van der Waals surface area contributed by atoms with E-state index >= 15 is 0 Å². The first kappa shape index (κ1) is 10.8. The van der Waals surface area contributed by atoms with Crippen LogP contribution in [0.1, 0.15) is 19.4 Å². The number of hydrogen-bond acceptors (Lipinski definition) is 1. The van der Waals surface area contributed by atoms with E-state index in [9.17, 15) is 0 Å². The van der Waals surface area contributed by atoms with Crippen molar-refractivity contribution in [1.29, 1.82) is 5.41 Å². The average Bonchev–Trinajstić information content (AvgIpc) is 2.16. The smallest absolute Gasteiger partial charge is 0.103 e. The van der Waals surface area contributed by atoms with E-state index in [0.29, 0.717) is 5.84 Å². The molecule has 0 atom stereocenters. The summed E-state index contributed by atoms with van der Waals surface area (Å²) in [6, 6.07) is 8.14. The van der Waals surface area contributed by atoms with Crippen LogP contribution < -0.4 is 4.90 Å². The van der Waals surface area contributed by atoms with Gasteiger partial charge in [-0.2, -0.15) is 0 Å². The molecule has 2 nitrogen and oxygen atoms in total. The molecule has 0 heterocycles. The largest absolute Gasteiger partial charge is 0.333 e. The van der Waals surface area contributed by atoms with Gasteiger partial charge in [0.1, 0.15) is 5.84 Å². The fourth-order valence-corrected chi connectivity index (χ4v) is 1.46. The summed E-state index contributed by atoms with van der Waals surface area (Å²) in [4.78, 5) is 1.94. The quantitative estimate of drug-likeness (QED) is 0.563. The Labute approximate surface area is 86.1 Å². The number of benzene rings is 1. The molecule has 0 spiro atoms. The Balaban J connectivity index is 2.95. The lowest BCUT2D eigenvalue weighted by atomic mass is 10.1. The van der Waals surface area contributed by atoms with Gasteiger partial charge in [-0.25, -0.2) is 0 Å². The molecule has 1 N–H and O–H groups in total. The topological polar surface area (TPSA) is 27.1 Å². The molecule has 0 amide bonds. The molecule has 0 saturated heterocycles.